The van der Waals surface area contributed by atoms with Crippen LogP contribution >= 0.6 is 11.8 Å². The number of aromatic amines is 1. The van der Waals surface area contributed by atoms with E-state index in [0.717, 1.165) is 32.4 Å². The molecule has 0 aromatic carbocycles. The van der Waals surface area contributed by atoms with Crippen molar-refractivity contribution >= 4 is 17.7 Å². The van der Waals surface area contributed by atoms with E-state index in [1.165, 1.54) is 18.2 Å². The molecule has 0 radical (unpaired) electrons. The van der Waals surface area contributed by atoms with Crippen LogP contribution in [0.3, 0.4) is 0 Å². The zero-order chi connectivity index (χ0) is 15.1. The van der Waals surface area contributed by atoms with Crippen LogP contribution in [0.1, 0.15) is 25.7 Å². The highest BCUT2D eigenvalue weighted by Gasteiger charge is 2.18. The quantitative estimate of drug-likeness (QED) is 0.592. The van der Waals surface area contributed by atoms with Crippen LogP contribution in [-0.2, 0) is 16.1 Å². The molecule has 0 aliphatic carbocycles. The predicted molar refractivity (Wildman–Crippen MR) is 80.5 cm³/mol. The van der Waals surface area contributed by atoms with Gasteiger partial charge in [-0.05, 0) is 25.7 Å². The number of nitrogens with one attached hydrogen (secondary N) is 1. The van der Waals surface area contributed by atoms with E-state index in [9.17, 15) is 9.59 Å². The van der Waals surface area contributed by atoms with Crippen LogP contribution < -0.4 is 5.69 Å². The number of H-pyrrole nitrogens is 1. The lowest BCUT2D eigenvalue weighted by atomic mass is 10.1. The zero-order valence-electron chi connectivity index (χ0n) is 12.3. The van der Waals surface area contributed by atoms with Crippen molar-refractivity contribution in [1.82, 2.24) is 19.7 Å². The minimum Gasteiger partial charge on any atom is -0.385 e. The number of piperidine rings is 1. The third-order valence-electron chi connectivity index (χ3n) is 3.49. The summed E-state index contributed by atoms with van der Waals surface area (Å²) in [6.45, 7) is 2.83. The summed E-state index contributed by atoms with van der Waals surface area (Å²) in [6, 6.07) is 0. The number of thioether (sulfide) groups is 1. The van der Waals surface area contributed by atoms with Gasteiger partial charge in [-0.3, -0.25) is 9.36 Å². The summed E-state index contributed by atoms with van der Waals surface area (Å²) >= 11 is 1.32. The van der Waals surface area contributed by atoms with Crippen molar-refractivity contribution < 1.29 is 9.53 Å². The van der Waals surface area contributed by atoms with Gasteiger partial charge in [0.25, 0.3) is 0 Å². The fourth-order valence-electron chi connectivity index (χ4n) is 2.34. The van der Waals surface area contributed by atoms with Crippen LogP contribution in [0, 0.1) is 0 Å². The highest BCUT2D eigenvalue weighted by atomic mass is 32.2. The Morgan fingerprint density at radius 3 is 2.86 bits per heavy atom. The van der Waals surface area contributed by atoms with Crippen LogP contribution in [0.4, 0.5) is 0 Å². The summed E-state index contributed by atoms with van der Waals surface area (Å²) in [5.41, 5.74) is -0.237. The molecule has 1 aliphatic heterocycles. The number of likely N-dealkylation sites (tertiary alicyclic amines) is 1. The standard InChI is InChI=1S/C13H22N4O3S/c1-20-9-5-8-17-12(19)14-15-13(17)21-10-11(18)16-6-3-2-4-7-16/h2-10H2,1H3,(H,14,19). The Labute approximate surface area is 128 Å². The minimum absolute atomic E-state index is 0.124. The topological polar surface area (TPSA) is 80.2 Å². The Morgan fingerprint density at radius 1 is 1.38 bits per heavy atom. The van der Waals surface area contributed by atoms with Crippen molar-refractivity contribution in [1.29, 1.82) is 0 Å². The molecule has 1 saturated heterocycles. The van der Waals surface area contributed by atoms with Gasteiger partial charge in [-0.25, -0.2) is 9.89 Å². The SMILES string of the molecule is COCCCn1c(SCC(=O)N2CCCCC2)n[nH]c1=O. The third-order valence-corrected chi connectivity index (χ3v) is 4.45. The molecule has 1 aromatic rings. The second kappa shape index (κ2) is 8.23. The van der Waals surface area contributed by atoms with E-state index in [2.05, 4.69) is 10.2 Å². The van der Waals surface area contributed by atoms with Gasteiger partial charge in [0.1, 0.15) is 0 Å². The van der Waals surface area contributed by atoms with Crippen molar-refractivity contribution in [3.8, 4) is 0 Å². The van der Waals surface area contributed by atoms with Crippen molar-refractivity contribution in [2.75, 3.05) is 32.6 Å². The number of aromatic nitrogens is 3. The molecule has 0 atom stereocenters. The molecule has 0 unspecified atom stereocenters. The molecule has 8 heteroatoms. The predicted octanol–water partition coefficient (Wildman–Crippen LogP) is 0.713. The van der Waals surface area contributed by atoms with E-state index in [1.54, 1.807) is 11.7 Å². The largest absolute Gasteiger partial charge is 0.385 e. The maximum Gasteiger partial charge on any atom is 0.343 e. The number of rotatable bonds is 7. The maximum absolute atomic E-state index is 12.1. The molecule has 1 aliphatic rings. The summed E-state index contributed by atoms with van der Waals surface area (Å²) in [4.78, 5) is 25.7. The summed E-state index contributed by atoms with van der Waals surface area (Å²) in [5.74, 6) is 0.452. The van der Waals surface area contributed by atoms with Gasteiger partial charge in [-0.2, -0.15) is 0 Å². The van der Waals surface area contributed by atoms with E-state index in [1.807, 2.05) is 4.90 Å². The summed E-state index contributed by atoms with van der Waals surface area (Å²) in [6.07, 6.45) is 4.11. The Morgan fingerprint density at radius 2 is 2.14 bits per heavy atom. The van der Waals surface area contributed by atoms with Gasteiger partial charge in [0.2, 0.25) is 5.91 Å². The number of amides is 1. The normalized spacial score (nSPS) is 15.4. The van der Waals surface area contributed by atoms with Crippen molar-refractivity contribution in [2.24, 2.45) is 0 Å². The molecule has 118 valence electrons. The first-order valence-electron chi connectivity index (χ1n) is 7.27. The lowest BCUT2D eigenvalue weighted by Gasteiger charge is -2.26. The summed E-state index contributed by atoms with van der Waals surface area (Å²) in [7, 11) is 1.63. The van der Waals surface area contributed by atoms with Gasteiger partial charge in [0.05, 0.1) is 5.75 Å². The van der Waals surface area contributed by atoms with Crippen LogP contribution in [0.15, 0.2) is 9.95 Å². The number of ether oxygens (including phenoxy) is 1. The van der Waals surface area contributed by atoms with E-state index in [-0.39, 0.29) is 11.6 Å². The summed E-state index contributed by atoms with van der Waals surface area (Å²) in [5, 5.41) is 7.00. The Hall–Kier alpha value is -1.28. The average Bonchev–Trinajstić information content (AvgIpc) is 2.87. The van der Waals surface area contributed by atoms with E-state index < -0.39 is 0 Å². The molecule has 0 spiro atoms. The van der Waals surface area contributed by atoms with Gasteiger partial charge in [0.15, 0.2) is 5.16 Å². The number of hydrogen-bond acceptors (Lipinski definition) is 5. The average molecular weight is 314 g/mol. The fraction of sp³-hybridized carbons (Fsp3) is 0.769. The smallest absolute Gasteiger partial charge is 0.343 e. The number of methoxy groups -OCH3 is 1. The number of carbonyl (C=O) groups excluding carboxylic acids is 1. The second-order valence-corrected chi connectivity index (χ2v) is 5.98. The van der Waals surface area contributed by atoms with E-state index in [0.29, 0.717) is 24.1 Å². The highest BCUT2D eigenvalue weighted by molar-refractivity contribution is 7.99. The maximum atomic E-state index is 12.1. The number of nitrogens with zero attached hydrogens (tertiary/aromatic N) is 3. The monoisotopic (exact) mass is 314 g/mol. The van der Waals surface area contributed by atoms with Gasteiger partial charge < -0.3 is 9.64 Å². The lowest BCUT2D eigenvalue weighted by Crippen LogP contribution is -2.36. The van der Waals surface area contributed by atoms with Crippen LogP contribution in [0.25, 0.3) is 0 Å². The Kier molecular flexibility index (Phi) is 6.31. The molecule has 21 heavy (non-hydrogen) atoms. The second-order valence-electron chi connectivity index (χ2n) is 5.04. The molecule has 1 fully saturated rings. The van der Waals surface area contributed by atoms with Gasteiger partial charge in [0, 0.05) is 33.4 Å². The van der Waals surface area contributed by atoms with E-state index >= 15 is 0 Å². The molecule has 7 nitrogen and oxygen atoms in total. The van der Waals surface area contributed by atoms with Crippen LogP contribution in [0.5, 0.6) is 0 Å². The fourth-order valence-corrected chi connectivity index (χ4v) is 3.21. The molecular weight excluding hydrogens is 292 g/mol. The molecule has 2 heterocycles. The number of hydrogen-bond donors (Lipinski definition) is 1. The first-order chi connectivity index (χ1) is 10.2. The first kappa shape index (κ1) is 16.1. The van der Waals surface area contributed by atoms with Crippen molar-refractivity contribution in [3.63, 3.8) is 0 Å². The number of carbonyl (C=O) groups is 1. The molecular formula is C13H22N4O3S. The minimum atomic E-state index is -0.237. The van der Waals surface area contributed by atoms with Crippen molar-refractivity contribution in [2.45, 2.75) is 37.4 Å². The summed E-state index contributed by atoms with van der Waals surface area (Å²) < 4.78 is 6.55. The zero-order valence-corrected chi connectivity index (χ0v) is 13.2. The first-order valence-corrected chi connectivity index (χ1v) is 8.25. The van der Waals surface area contributed by atoms with E-state index in [4.69, 9.17) is 4.74 Å². The lowest BCUT2D eigenvalue weighted by molar-refractivity contribution is -0.129. The molecule has 2 rings (SSSR count). The van der Waals surface area contributed by atoms with Crippen molar-refractivity contribution in [3.05, 3.63) is 10.5 Å². The molecule has 1 N–H and O–H groups in total. The van der Waals surface area contributed by atoms with Gasteiger partial charge >= 0.3 is 5.69 Å². The Bertz CT molecular complexity index is 508. The molecule has 0 bridgehead atoms. The molecule has 0 saturated carbocycles. The van der Waals surface area contributed by atoms with Crippen LogP contribution in [0.2, 0.25) is 0 Å². The highest BCUT2D eigenvalue weighted by Crippen LogP contribution is 2.16. The molecule has 1 aromatic heterocycles. The van der Waals surface area contributed by atoms with Crippen LogP contribution in [-0.4, -0.2) is 58.1 Å². The third kappa shape index (κ3) is 4.60. The van der Waals surface area contributed by atoms with Gasteiger partial charge in [-0.1, -0.05) is 11.8 Å². The molecule has 1 amide bonds. The van der Waals surface area contributed by atoms with Gasteiger partial charge in [-0.15, -0.1) is 5.10 Å². The Balaban J connectivity index is 1.87.